The van der Waals surface area contributed by atoms with E-state index in [1.54, 1.807) is 0 Å². The van der Waals surface area contributed by atoms with Gasteiger partial charge in [-0.3, -0.25) is 9.59 Å². The highest BCUT2D eigenvalue weighted by atomic mass is 16.5. The molecular formula is C13H22O5. The molecule has 0 aromatic carbocycles. The molecule has 0 spiro atoms. The third-order valence-corrected chi connectivity index (χ3v) is 3.83. The highest BCUT2D eigenvalue weighted by molar-refractivity contribution is 5.98. The van der Waals surface area contributed by atoms with Gasteiger partial charge in [-0.1, -0.05) is 25.7 Å². The Balaban J connectivity index is 2.59. The first-order valence-corrected chi connectivity index (χ1v) is 6.40. The van der Waals surface area contributed by atoms with E-state index in [0.717, 1.165) is 20.0 Å². The summed E-state index contributed by atoms with van der Waals surface area (Å²) < 4.78 is 4.52. The maximum atomic E-state index is 11.5. The van der Waals surface area contributed by atoms with Crippen LogP contribution in [0.25, 0.3) is 0 Å². The van der Waals surface area contributed by atoms with Crippen LogP contribution in [0.2, 0.25) is 0 Å². The average molecular weight is 258 g/mol. The Kier molecular flexibility index (Phi) is 5.14. The van der Waals surface area contributed by atoms with Crippen molar-refractivity contribution in [2.24, 2.45) is 11.3 Å². The van der Waals surface area contributed by atoms with Crippen molar-refractivity contribution >= 4 is 11.9 Å². The van der Waals surface area contributed by atoms with Gasteiger partial charge in [0.25, 0.3) is 0 Å². The molecule has 0 bridgehead atoms. The van der Waals surface area contributed by atoms with Gasteiger partial charge in [-0.15, -0.1) is 0 Å². The first-order valence-electron chi connectivity index (χ1n) is 6.40. The summed E-state index contributed by atoms with van der Waals surface area (Å²) in [5.74, 6) is -1.60. The summed E-state index contributed by atoms with van der Waals surface area (Å²) >= 11 is 0. The van der Waals surface area contributed by atoms with Crippen LogP contribution in [0, 0.1) is 11.3 Å². The summed E-state index contributed by atoms with van der Waals surface area (Å²) in [6.45, 7) is 1.30. The van der Waals surface area contributed by atoms with Gasteiger partial charge in [-0.2, -0.15) is 0 Å². The topological polar surface area (TPSA) is 83.8 Å². The van der Waals surface area contributed by atoms with Crippen molar-refractivity contribution < 1.29 is 24.5 Å². The summed E-state index contributed by atoms with van der Waals surface area (Å²) in [4.78, 5) is 22.7. The number of carbonyl (C=O) groups excluding carboxylic acids is 1. The Morgan fingerprint density at radius 2 is 1.94 bits per heavy atom. The molecule has 2 N–H and O–H groups in total. The van der Waals surface area contributed by atoms with Crippen LogP contribution in [-0.4, -0.2) is 35.4 Å². The van der Waals surface area contributed by atoms with Crippen molar-refractivity contribution in [2.45, 2.75) is 51.6 Å². The minimum atomic E-state index is -1.66. The lowest BCUT2D eigenvalue weighted by Crippen LogP contribution is -2.40. The number of aliphatic carboxylic acids is 1. The van der Waals surface area contributed by atoms with E-state index in [-0.39, 0.29) is 6.42 Å². The number of aliphatic hydroxyl groups excluding tert-OH is 1. The van der Waals surface area contributed by atoms with E-state index in [4.69, 9.17) is 5.11 Å². The van der Waals surface area contributed by atoms with E-state index in [0.29, 0.717) is 12.3 Å². The van der Waals surface area contributed by atoms with Gasteiger partial charge in [0.15, 0.2) is 5.41 Å². The molecule has 2 unspecified atom stereocenters. The van der Waals surface area contributed by atoms with Crippen molar-refractivity contribution in [3.05, 3.63) is 0 Å². The molecule has 5 heteroatoms. The number of aliphatic hydroxyl groups is 1. The molecule has 0 radical (unpaired) electrons. The molecule has 18 heavy (non-hydrogen) atoms. The minimum absolute atomic E-state index is 0.0918. The zero-order valence-corrected chi connectivity index (χ0v) is 11.0. The fourth-order valence-corrected chi connectivity index (χ4v) is 2.67. The lowest BCUT2D eigenvalue weighted by atomic mass is 9.82. The fourth-order valence-electron chi connectivity index (χ4n) is 2.67. The van der Waals surface area contributed by atoms with Crippen LogP contribution in [0.4, 0.5) is 0 Å². The van der Waals surface area contributed by atoms with Crippen molar-refractivity contribution in [1.82, 2.24) is 0 Å². The number of methoxy groups -OCH3 is 1. The van der Waals surface area contributed by atoms with E-state index in [9.17, 15) is 14.7 Å². The number of esters is 1. The molecule has 1 rings (SSSR count). The summed E-state index contributed by atoms with van der Waals surface area (Å²) in [7, 11) is 1.16. The van der Waals surface area contributed by atoms with Crippen molar-refractivity contribution in [2.75, 3.05) is 7.11 Å². The lowest BCUT2D eigenvalue weighted by Gasteiger charge is -2.25. The van der Waals surface area contributed by atoms with Crippen LogP contribution in [0.15, 0.2) is 0 Å². The van der Waals surface area contributed by atoms with Gasteiger partial charge in [0.2, 0.25) is 0 Å². The second kappa shape index (κ2) is 6.18. The monoisotopic (exact) mass is 258 g/mol. The first-order chi connectivity index (χ1) is 8.40. The predicted octanol–water partition coefficient (Wildman–Crippen LogP) is 1.58. The fraction of sp³-hybridized carbons (Fsp3) is 0.846. The normalized spacial score (nSPS) is 21.3. The third kappa shape index (κ3) is 3.45. The molecule has 0 aliphatic heterocycles. The smallest absolute Gasteiger partial charge is 0.323 e. The lowest BCUT2D eigenvalue weighted by molar-refractivity contribution is -0.168. The Labute approximate surface area is 107 Å². The minimum Gasteiger partial charge on any atom is -0.480 e. The number of rotatable bonds is 6. The highest BCUT2D eigenvalue weighted by Crippen LogP contribution is 2.33. The zero-order chi connectivity index (χ0) is 13.8. The van der Waals surface area contributed by atoms with Crippen molar-refractivity contribution in [3.63, 3.8) is 0 Å². The van der Waals surface area contributed by atoms with Gasteiger partial charge in [-0.05, 0) is 25.7 Å². The Morgan fingerprint density at radius 3 is 2.39 bits per heavy atom. The number of ether oxygens (including phenoxy) is 1. The van der Waals surface area contributed by atoms with Crippen molar-refractivity contribution in [3.8, 4) is 0 Å². The van der Waals surface area contributed by atoms with Gasteiger partial charge in [-0.25, -0.2) is 0 Å². The van der Waals surface area contributed by atoms with Crippen LogP contribution in [0.5, 0.6) is 0 Å². The van der Waals surface area contributed by atoms with Crippen LogP contribution < -0.4 is 0 Å². The first kappa shape index (κ1) is 15.0. The predicted molar refractivity (Wildman–Crippen MR) is 65.0 cm³/mol. The average Bonchev–Trinajstić information content (AvgIpc) is 2.79. The van der Waals surface area contributed by atoms with E-state index in [2.05, 4.69) is 4.74 Å². The van der Waals surface area contributed by atoms with Gasteiger partial charge >= 0.3 is 11.9 Å². The number of carbonyl (C=O) groups is 2. The molecule has 0 saturated heterocycles. The standard InChI is InChI=1S/C13H22O5/c1-13(11(15)16,12(17)18-2)8-10(14)7-9-5-3-4-6-9/h9-10,14H,3-8H2,1-2H3,(H,15,16). The molecule has 1 aliphatic rings. The molecule has 0 amide bonds. The molecule has 0 aromatic rings. The molecule has 104 valence electrons. The largest absolute Gasteiger partial charge is 0.480 e. The van der Waals surface area contributed by atoms with Crippen LogP contribution >= 0.6 is 0 Å². The summed E-state index contributed by atoms with van der Waals surface area (Å²) in [5.41, 5.74) is -1.66. The highest BCUT2D eigenvalue weighted by Gasteiger charge is 2.44. The summed E-state index contributed by atoms with van der Waals surface area (Å²) in [5, 5.41) is 19.1. The Bertz CT molecular complexity index is 309. The SMILES string of the molecule is COC(=O)C(C)(CC(O)CC1CCCC1)C(=O)O. The van der Waals surface area contributed by atoms with Gasteiger partial charge in [0.05, 0.1) is 13.2 Å². The summed E-state index contributed by atoms with van der Waals surface area (Å²) in [6.07, 6.45) is 4.21. The Hall–Kier alpha value is -1.10. The van der Waals surface area contributed by atoms with E-state index < -0.39 is 23.5 Å². The van der Waals surface area contributed by atoms with Gasteiger partial charge in [0, 0.05) is 0 Å². The second-order valence-electron chi connectivity index (χ2n) is 5.37. The number of hydrogen-bond acceptors (Lipinski definition) is 4. The third-order valence-electron chi connectivity index (χ3n) is 3.83. The molecular weight excluding hydrogens is 236 g/mol. The molecule has 2 atom stereocenters. The Morgan fingerprint density at radius 1 is 1.39 bits per heavy atom. The molecule has 0 aromatic heterocycles. The number of carboxylic acids is 1. The van der Waals surface area contributed by atoms with Crippen molar-refractivity contribution in [1.29, 1.82) is 0 Å². The summed E-state index contributed by atoms with van der Waals surface area (Å²) in [6, 6.07) is 0. The van der Waals surface area contributed by atoms with Gasteiger partial charge in [0.1, 0.15) is 0 Å². The van der Waals surface area contributed by atoms with E-state index in [1.807, 2.05) is 0 Å². The molecule has 5 nitrogen and oxygen atoms in total. The molecule has 1 saturated carbocycles. The molecule has 1 fully saturated rings. The molecule has 0 heterocycles. The van der Waals surface area contributed by atoms with Crippen LogP contribution in [0.1, 0.15) is 45.4 Å². The number of carboxylic acid groups (broad SMARTS) is 1. The van der Waals surface area contributed by atoms with E-state index in [1.165, 1.54) is 19.8 Å². The second-order valence-corrected chi connectivity index (χ2v) is 5.37. The zero-order valence-electron chi connectivity index (χ0n) is 11.0. The molecule has 1 aliphatic carbocycles. The van der Waals surface area contributed by atoms with E-state index >= 15 is 0 Å². The quantitative estimate of drug-likeness (QED) is 0.558. The van der Waals surface area contributed by atoms with Gasteiger partial charge < -0.3 is 14.9 Å². The number of hydrogen-bond donors (Lipinski definition) is 2. The maximum Gasteiger partial charge on any atom is 0.323 e. The maximum absolute atomic E-state index is 11.5. The van der Waals surface area contributed by atoms with Crippen LogP contribution in [0.3, 0.4) is 0 Å². The van der Waals surface area contributed by atoms with Crippen LogP contribution in [-0.2, 0) is 14.3 Å².